The largest absolute Gasteiger partial charge is 0.338 e. The third-order valence-electron chi connectivity index (χ3n) is 2.86. The van der Waals surface area contributed by atoms with Gasteiger partial charge in [0.1, 0.15) is 5.78 Å². The Morgan fingerprint density at radius 2 is 2.25 bits per heavy atom. The third-order valence-corrected chi connectivity index (χ3v) is 2.86. The molecule has 1 aromatic heterocycles. The highest BCUT2D eigenvalue weighted by Gasteiger charge is 2.23. The third kappa shape index (κ3) is 2.27. The molecule has 2 rings (SSSR count). The molecule has 2 heterocycles. The normalized spacial score (nSPS) is 16.7. The fraction of sp³-hybridized carbons (Fsp3) is 0.417. The molecule has 0 N–H and O–H groups in total. The van der Waals surface area contributed by atoms with Gasteiger partial charge in [-0.3, -0.25) is 14.6 Å². The zero-order valence-corrected chi connectivity index (χ0v) is 9.27. The van der Waals surface area contributed by atoms with Crippen molar-refractivity contribution in [1.29, 1.82) is 0 Å². The molecule has 0 aliphatic carbocycles. The van der Waals surface area contributed by atoms with Crippen molar-refractivity contribution in [3.8, 4) is 0 Å². The lowest BCUT2D eigenvalue weighted by Gasteiger charge is -2.26. The summed E-state index contributed by atoms with van der Waals surface area (Å²) >= 11 is 0. The average Bonchev–Trinajstić information content (AvgIpc) is 2.25. The molecule has 0 unspecified atom stereocenters. The van der Waals surface area contributed by atoms with Gasteiger partial charge in [0, 0.05) is 31.9 Å². The van der Waals surface area contributed by atoms with Gasteiger partial charge in [0.05, 0.1) is 6.42 Å². The second kappa shape index (κ2) is 4.43. The zero-order valence-electron chi connectivity index (χ0n) is 9.27. The van der Waals surface area contributed by atoms with Crippen molar-refractivity contribution in [2.45, 2.75) is 26.3 Å². The van der Waals surface area contributed by atoms with E-state index in [0.29, 0.717) is 19.5 Å². The molecule has 1 aliphatic heterocycles. The second-order valence-electron chi connectivity index (χ2n) is 4.08. The summed E-state index contributed by atoms with van der Waals surface area (Å²) in [4.78, 5) is 28.4. The van der Waals surface area contributed by atoms with E-state index in [0.717, 1.165) is 11.1 Å². The number of hydrogen-bond donors (Lipinski definition) is 0. The van der Waals surface area contributed by atoms with Crippen molar-refractivity contribution in [2.24, 2.45) is 0 Å². The molecule has 1 aliphatic rings. The van der Waals surface area contributed by atoms with Gasteiger partial charge in [0.15, 0.2) is 0 Å². The quantitative estimate of drug-likeness (QED) is 0.698. The number of nitrogens with zero attached hydrogens (tertiary/aromatic N) is 2. The fourth-order valence-electron chi connectivity index (χ4n) is 1.81. The predicted molar refractivity (Wildman–Crippen MR) is 58.6 cm³/mol. The number of carbonyl (C=O) groups is 2. The highest BCUT2D eigenvalue weighted by molar-refractivity contribution is 6.00. The minimum atomic E-state index is -0.0625. The number of aryl methyl sites for hydroxylation is 1. The second-order valence-corrected chi connectivity index (χ2v) is 4.08. The Hall–Kier alpha value is -1.71. The Kier molecular flexibility index (Phi) is 2.99. The van der Waals surface area contributed by atoms with E-state index < -0.39 is 0 Å². The first-order valence-electron chi connectivity index (χ1n) is 5.36. The number of hydrogen-bond acceptors (Lipinski definition) is 3. The lowest BCUT2D eigenvalue weighted by molar-refractivity contribution is -0.139. The van der Waals surface area contributed by atoms with E-state index in [1.807, 2.05) is 13.0 Å². The van der Waals surface area contributed by atoms with E-state index in [4.69, 9.17) is 0 Å². The summed E-state index contributed by atoms with van der Waals surface area (Å²) in [6.45, 7) is 3.10. The van der Waals surface area contributed by atoms with Crippen LogP contribution in [0.15, 0.2) is 18.5 Å². The number of pyridine rings is 1. The molecule has 1 aromatic rings. The number of ketones is 1. The van der Waals surface area contributed by atoms with E-state index in [-0.39, 0.29) is 18.1 Å². The van der Waals surface area contributed by atoms with Crippen LogP contribution in [0.2, 0.25) is 0 Å². The molecule has 0 atom stereocenters. The van der Waals surface area contributed by atoms with Crippen molar-refractivity contribution in [3.05, 3.63) is 29.6 Å². The van der Waals surface area contributed by atoms with Crippen molar-refractivity contribution in [3.63, 3.8) is 0 Å². The van der Waals surface area contributed by atoms with Gasteiger partial charge in [-0.2, -0.15) is 0 Å². The molecule has 84 valence electrons. The molecule has 4 nitrogen and oxygen atoms in total. The van der Waals surface area contributed by atoms with E-state index >= 15 is 0 Å². The Balaban J connectivity index is 2.08. The first-order chi connectivity index (χ1) is 7.66. The highest BCUT2D eigenvalue weighted by atomic mass is 16.2. The standard InChI is InChI=1S/C12H14N2O2/c1-9-7-13-4-2-10(9)8-14-5-3-11(15)6-12(14)16/h2,4,7H,3,5-6,8H2,1H3. The molecule has 4 heteroatoms. The van der Waals surface area contributed by atoms with Crippen LogP contribution >= 0.6 is 0 Å². The van der Waals surface area contributed by atoms with Crippen LogP contribution < -0.4 is 0 Å². The van der Waals surface area contributed by atoms with Crippen LogP contribution in [0.25, 0.3) is 0 Å². The van der Waals surface area contributed by atoms with Gasteiger partial charge in [-0.25, -0.2) is 0 Å². The van der Waals surface area contributed by atoms with Crippen LogP contribution in [0.3, 0.4) is 0 Å². The molecular formula is C12H14N2O2. The number of aromatic nitrogens is 1. The number of piperidine rings is 1. The number of amides is 1. The van der Waals surface area contributed by atoms with Crippen LogP contribution in [0, 0.1) is 6.92 Å². The van der Waals surface area contributed by atoms with Crippen molar-refractivity contribution < 1.29 is 9.59 Å². The van der Waals surface area contributed by atoms with E-state index in [2.05, 4.69) is 4.98 Å². The van der Waals surface area contributed by atoms with Crippen molar-refractivity contribution in [2.75, 3.05) is 6.54 Å². The van der Waals surface area contributed by atoms with Gasteiger partial charge >= 0.3 is 0 Å². The number of rotatable bonds is 2. The SMILES string of the molecule is Cc1cnccc1CN1CCC(=O)CC1=O. The molecule has 1 saturated heterocycles. The van der Waals surface area contributed by atoms with E-state index in [1.54, 1.807) is 17.3 Å². The first kappa shape index (κ1) is 10.8. The Morgan fingerprint density at radius 3 is 2.94 bits per heavy atom. The first-order valence-corrected chi connectivity index (χ1v) is 5.36. The molecule has 1 amide bonds. The van der Waals surface area contributed by atoms with Crippen LogP contribution in [0.5, 0.6) is 0 Å². The number of Topliss-reactive ketones (excluding diaryl/α,β-unsaturated/α-hetero) is 1. The fourth-order valence-corrected chi connectivity index (χ4v) is 1.81. The highest BCUT2D eigenvalue weighted by Crippen LogP contribution is 2.14. The van der Waals surface area contributed by atoms with Crippen LogP contribution in [0.1, 0.15) is 24.0 Å². The predicted octanol–water partition coefficient (Wildman–Crippen LogP) is 1.08. The summed E-state index contributed by atoms with van der Waals surface area (Å²) in [5.41, 5.74) is 2.17. The number of carbonyl (C=O) groups excluding carboxylic acids is 2. The van der Waals surface area contributed by atoms with Crippen LogP contribution in [-0.4, -0.2) is 28.1 Å². The topological polar surface area (TPSA) is 50.3 Å². The maximum atomic E-state index is 11.6. The molecular weight excluding hydrogens is 204 g/mol. The van der Waals surface area contributed by atoms with Gasteiger partial charge in [-0.1, -0.05) is 0 Å². The van der Waals surface area contributed by atoms with E-state index in [9.17, 15) is 9.59 Å². The lowest BCUT2D eigenvalue weighted by Crippen LogP contribution is -2.38. The average molecular weight is 218 g/mol. The molecule has 0 saturated carbocycles. The van der Waals surface area contributed by atoms with Crippen molar-refractivity contribution >= 4 is 11.7 Å². The molecule has 0 bridgehead atoms. The maximum Gasteiger partial charge on any atom is 0.230 e. The van der Waals surface area contributed by atoms with Gasteiger partial charge in [-0.05, 0) is 24.1 Å². The van der Waals surface area contributed by atoms with Crippen LogP contribution in [-0.2, 0) is 16.1 Å². The summed E-state index contributed by atoms with van der Waals surface area (Å²) < 4.78 is 0. The van der Waals surface area contributed by atoms with Crippen molar-refractivity contribution in [1.82, 2.24) is 9.88 Å². The van der Waals surface area contributed by atoms with Gasteiger partial charge in [0.2, 0.25) is 5.91 Å². The molecule has 0 spiro atoms. The minimum absolute atomic E-state index is 0.0488. The molecule has 0 radical (unpaired) electrons. The Labute approximate surface area is 94.3 Å². The summed E-state index contributed by atoms with van der Waals surface area (Å²) in [6, 6.07) is 1.92. The molecule has 1 fully saturated rings. The Bertz CT molecular complexity index is 429. The smallest absolute Gasteiger partial charge is 0.230 e. The summed E-state index contributed by atoms with van der Waals surface area (Å²) in [5.74, 6) is -0.0137. The monoisotopic (exact) mass is 218 g/mol. The number of likely N-dealkylation sites (tertiary alicyclic amines) is 1. The summed E-state index contributed by atoms with van der Waals surface area (Å²) in [6.07, 6.45) is 4.05. The summed E-state index contributed by atoms with van der Waals surface area (Å²) in [7, 11) is 0. The summed E-state index contributed by atoms with van der Waals surface area (Å²) in [5, 5.41) is 0. The minimum Gasteiger partial charge on any atom is -0.338 e. The van der Waals surface area contributed by atoms with Gasteiger partial charge < -0.3 is 4.90 Å². The Morgan fingerprint density at radius 1 is 1.44 bits per heavy atom. The van der Waals surface area contributed by atoms with Crippen LogP contribution in [0.4, 0.5) is 0 Å². The zero-order chi connectivity index (χ0) is 11.5. The molecule has 0 aromatic carbocycles. The maximum absolute atomic E-state index is 11.6. The molecule has 16 heavy (non-hydrogen) atoms. The lowest BCUT2D eigenvalue weighted by atomic mass is 10.1. The van der Waals surface area contributed by atoms with Gasteiger partial charge in [0.25, 0.3) is 0 Å². The van der Waals surface area contributed by atoms with E-state index in [1.165, 1.54) is 0 Å². The van der Waals surface area contributed by atoms with Gasteiger partial charge in [-0.15, -0.1) is 0 Å².